The van der Waals surface area contributed by atoms with Crippen molar-refractivity contribution >= 4 is 11.6 Å². The van der Waals surface area contributed by atoms with Crippen LogP contribution in [0, 0.1) is 0 Å². The van der Waals surface area contributed by atoms with Crippen molar-refractivity contribution in [1.82, 2.24) is 19.7 Å². The van der Waals surface area contributed by atoms with Crippen LogP contribution < -0.4 is 10.6 Å². The highest BCUT2D eigenvalue weighted by molar-refractivity contribution is 5.38. The number of nitrogens with two attached hydrogens (primary N) is 1. The second kappa shape index (κ2) is 4.47. The van der Waals surface area contributed by atoms with E-state index in [0.29, 0.717) is 18.2 Å². The fourth-order valence-corrected chi connectivity index (χ4v) is 2.55. The van der Waals surface area contributed by atoms with Gasteiger partial charge in [0, 0.05) is 37.0 Å². The zero-order chi connectivity index (χ0) is 13.5. The predicted octanol–water partition coefficient (Wildman–Crippen LogP) is 1.39. The van der Waals surface area contributed by atoms with Gasteiger partial charge in [-0.2, -0.15) is 5.10 Å². The van der Waals surface area contributed by atoms with Gasteiger partial charge in [-0.25, -0.2) is 9.97 Å². The van der Waals surface area contributed by atoms with Gasteiger partial charge in [-0.15, -0.1) is 0 Å². The number of hydrogen-bond acceptors (Lipinski definition) is 5. The molecule has 20 heavy (non-hydrogen) atoms. The average Bonchev–Trinajstić information content (AvgIpc) is 3.13. The van der Waals surface area contributed by atoms with Crippen LogP contribution in [0.3, 0.4) is 0 Å². The molecule has 1 aliphatic heterocycles. The smallest absolute Gasteiger partial charge is 0.225 e. The molecule has 104 valence electrons. The van der Waals surface area contributed by atoms with Gasteiger partial charge in [0.15, 0.2) is 0 Å². The summed E-state index contributed by atoms with van der Waals surface area (Å²) in [5.41, 5.74) is 8.77. The first-order valence-corrected chi connectivity index (χ1v) is 7.18. The third-order valence-electron chi connectivity index (χ3n) is 3.97. The summed E-state index contributed by atoms with van der Waals surface area (Å²) in [7, 11) is 0. The van der Waals surface area contributed by atoms with E-state index in [1.165, 1.54) is 30.5 Å². The average molecular weight is 270 g/mol. The highest BCUT2D eigenvalue weighted by Gasteiger charge is 2.29. The first-order valence-electron chi connectivity index (χ1n) is 7.18. The Labute approximate surface area is 117 Å². The summed E-state index contributed by atoms with van der Waals surface area (Å²) < 4.78 is 1.85. The van der Waals surface area contributed by atoms with Gasteiger partial charge in [-0.3, -0.25) is 4.68 Å². The minimum absolute atomic E-state index is 0.612. The molecule has 2 N–H and O–H groups in total. The topological polar surface area (TPSA) is 72.9 Å². The van der Waals surface area contributed by atoms with Crippen LogP contribution in [0.1, 0.15) is 36.4 Å². The van der Waals surface area contributed by atoms with Crippen molar-refractivity contribution < 1.29 is 0 Å². The first-order chi connectivity index (χ1) is 9.79. The molecule has 6 heteroatoms. The Balaban J connectivity index is 1.64. The Hall–Kier alpha value is -2.11. The van der Waals surface area contributed by atoms with Crippen molar-refractivity contribution in [2.75, 3.05) is 23.7 Å². The fraction of sp³-hybridized carbons (Fsp3) is 0.500. The molecule has 1 saturated carbocycles. The summed E-state index contributed by atoms with van der Waals surface area (Å²) in [6.07, 6.45) is 9.21. The molecule has 2 aromatic heterocycles. The van der Waals surface area contributed by atoms with Gasteiger partial charge in [0.25, 0.3) is 0 Å². The summed E-state index contributed by atoms with van der Waals surface area (Å²) in [4.78, 5) is 11.6. The van der Waals surface area contributed by atoms with Crippen LogP contribution in [0.15, 0.2) is 18.6 Å². The highest BCUT2D eigenvalue weighted by Crippen LogP contribution is 2.41. The second-order valence-electron chi connectivity index (χ2n) is 5.67. The van der Waals surface area contributed by atoms with Gasteiger partial charge in [0.1, 0.15) is 0 Å². The molecule has 0 bridgehead atoms. The van der Waals surface area contributed by atoms with E-state index in [4.69, 9.17) is 10.7 Å². The molecular formula is C14H18N6. The summed E-state index contributed by atoms with van der Waals surface area (Å²) >= 11 is 0. The molecule has 0 spiro atoms. The fourth-order valence-electron chi connectivity index (χ4n) is 2.55. The van der Waals surface area contributed by atoms with E-state index in [9.17, 15) is 0 Å². The largest absolute Gasteiger partial charge is 0.396 e. The van der Waals surface area contributed by atoms with E-state index >= 15 is 0 Å². The summed E-state index contributed by atoms with van der Waals surface area (Å²) in [6, 6.07) is 0. The van der Waals surface area contributed by atoms with Crippen molar-refractivity contribution in [2.45, 2.75) is 31.7 Å². The summed E-state index contributed by atoms with van der Waals surface area (Å²) in [6.45, 7) is 2.86. The quantitative estimate of drug-likeness (QED) is 0.909. The lowest BCUT2D eigenvalue weighted by atomic mass is 10.1. The molecule has 3 heterocycles. The third kappa shape index (κ3) is 2.11. The lowest BCUT2D eigenvalue weighted by Crippen LogP contribution is -2.38. The Bertz CT molecular complexity index is 626. The van der Waals surface area contributed by atoms with Crippen molar-refractivity contribution in [3.05, 3.63) is 29.8 Å². The van der Waals surface area contributed by atoms with Gasteiger partial charge in [-0.1, -0.05) is 0 Å². The monoisotopic (exact) mass is 270 g/mol. The number of nitrogen functional groups attached to an aromatic ring is 1. The zero-order valence-electron chi connectivity index (χ0n) is 11.4. The minimum Gasteiger partial charge on any atom is -0.396 e. The summed E-state index contributed by atoms with van der Waals surface area (Å²) in [5, 5.41) is 4.24. The van der Waals surface area contributed by atoms with Crippen LogP contribution in [-0.2, 0) is 6.54 Å². The van der Waals surface area contributed by atoms with E-state index in [0.717, 1.165) is 19.0 Å². The molecule has 2 fully saturated rings. The van der Waals surface area contributed by atoms with E-state index < -0.39 is 0 Å². The van der Waals surface area contributed by atoms with Crippen LogP contribution in [0.5, 0.6) is 0 Å². The Morgan fingerprint density at radius 1 is 1.25 bits per heavy atom. The van der Waals surface area contributed by atoms with Gasteiger partial charge >= 0.3 is 0 Å². The Kier molecular flexibility index (Phi) is 2.61. The van der Waals surface area contributed by atoms with Crippen LogP contribution in [0.2, 0.25) is 0 Å². The summed E-state index contributed by atoms with van der Waals surface area (Å²) in [5.74, 6) is 1.50. The first kappa shape index (κ1) is 11.7. The number of rotatable bonds is 4. The molecule has 2 aromatic rings. The van der Waals surface area contributed by atoms with Crippen molar-refractivity contribution in [3.8, 4) is 0 Å². The molecule has 1 aliphatic carbocycles. The number of hydrogen-bond donors (Lipinski definition) is 1. The molecule has 0 radical (unpaired) electrons. The highest BCUT2D eigenvalue weighted by atomic mass is 15.3. The maximum absolute atomic E-state index is 5.71. The standard InChI is InChI=1S/C14H18N6/c15-12-7-17-20(9-12)8-11-6-16-14(19-4-1-5-19)18-13(11)10-2-3-10/h6-7,9-10H,1-5,8,15H2. The van der Waals surface area contributed by atoms with Crippen LogP contribution in [0.4, 0.5) is 11.6 Å². The molecule has 4 rings (SSSR count). The van der Waals surface area contributed by atoms with Crippen LogP contribution in [0.25, 0.3) is 0 Å². The third-order valence-corrected chi connectivity index (χ3v) is 3.97. The molecule has 0 amide bonds. The Morgan fingerprint density at radius 2 is 2.10 bits per heavy atom. The maximum Gasteiger partial charge on any atom is 0.225 e. The van der Waals surface area contributed by atoms with E-state index in [-0.39, 0.29) is 0 Å². The molecule has 0 unspecified atom stereocenters. The molecule has 0 atom stereocenters. The Morgan fingerprint density at radius 3 is 2.70 bits per heavy atom. The maximum atomic E-state index is 5.71. The molecular weight excluding hydrogens is 252 g/mol. The molecule has 0 aromatic carbocycles. The second-order valence-corrected chi connectivity index (χ2v) is 5.67. The van der Waals surface area contributed by atoms with E-state index in [2.05, 4.69) is 15.0 Å². The van der Waals surface area contributed by atoms with E-state index in [1.54, 1.807) is 6.20 Å². The van der Waals surface area contributed by atoms with Crippen molar-refractivity contribution in [3.63, 3.8) is 0 Å². The zero-order valence-corrected chi connectivity index (χ0v) is 11.4. The van der Waals surface area contributed by atoms with Gasteiger partial charge < -0.3 is 10.6 Å². The van der Waals surface area contributed by atoms with Crippen LogP contribution >= 0.6 is 0 Å². The lowest BCUT2D eigenvalue weighted by Gasteiger charge is -2.31. The SMILES string of the molecule is Nc1cnn(Cc2cnc(N3CCC3)nc2C2CC2)c1. The lowest BCUT2D eigenvalue weighted by molar-refractivity contribution is 0.595. The molecule has 2 aliphatic rings. The minimum atomic E-state index is 0.612. The number of anilines is 2. The van der Waals surface area contributed by atoms with Gasteiger partial charge in [-0.05, 0) is 19.3 Å². The van der Waals surface area contributed by atoms with Gasteiger partial charge in [0.05, 0.1) is 24.1 Å². The number of aromatic nitrogens is 4. The normalized spacial score (nSPS) is 18.1. The van der Waals surface area contributed by atoms with E-state index in [1.807, 2.05) is 17.1 Å². The number of nitrogens with zero attached hydrogens (tertiary/aromatic N) is 5. The van der Waals surface area contributed by atoms with Crippen LogP contribution in [-0.4, -0.2) is 32.8 Å². The van der Waals surface area contributed by atoms with Gasteiger partial charge in [0.2, 0.25) is 5.95 Å². The molecule has 1 saturated heterocycles. The predicted molar refractivity (Wildman–Crippen MR) is 76.6 cm³/mol. The molecule has 6 nitrogen and oxygen atoms in total. The van der Waals surface area contributed by atoms with Crippen molar-refractivity contribution in [1.29, 1.82) is 0 Å². The van der Waals surface area contributed by atoms with Crippen molar-refractivity contribution in [2.24, 2.45) is 0 Å².